The predicted molar refractivity (Wildman–Crippen MR) is 94.1 cm³/mol. The van der Waals surface area contributed by atoms with Crippen molar-refractivity contribution in [1.82, 2.24) is 10.6 Å². The van der Waals surface area contributed by atoms with Gasteiger partial charge in [-0.25, -0.2) is 4.79 Å². The number of hydrogen-bond acceptors (Lipinski definition) is 4. The average molecular weight is 342 g/mol. The first-order chi connectivity index (χ1) is 12.0. The van der Waals surface area contributed by atoms with Crippen molar-refractivity contribution in [3.8, 4) is 0 Å². The zero-order valence-electron chi connectivity index (χ0n) is 14.0. The van der Waals surface area contributed by atoms with Crippen molar-refractivity contribution in [2.45, 2.75) is 38.4 Å². The number of carbonyl (C=O) groups is 2. The van der Waals surface area contributed by atoms with E-state index in [4.69, 9.17) is 10.2 Å². The molecule has 3 rings (SSSR count). The summed E-state index contributed by atoms with van der Waals surface area (Å²) in [5.41, 5.74) is 7.57. The van der Waals surface area contributed by atoms with Crippen LogP contribution in [-0.4, -0.2) is 18.0 Å². The molecule has 1 saturated carbocycles. The molecule has 1 aromatic heterocycles. The maximum Gasteiger partial charge on any atom is 0.319 e. The van der Waals surface area contributed by atoms with Crippen molar-refractivity contribution in [2.24, 2.45) is 5.73 Å². The van der Waals surface area contributed by atoms with Crippen molar-refractivity contribution in [3.63, 3.8) is 0 Å². The highest BCUT2D eigenvalue weighted by molar-refractivity contribution is 5.94. The molecule has 1 aliphatic carbocycles. The number of carbonyl (C=O) groups excluding carboxylic acids is 2. The summed E-state index contributed by atoms with van der Waals surface area (Å²) < 4.78 is 5.17. The van der Waals surface area contributed by atoms with Crippen LogP contribution in [0.1, 0.15) is 47.5 Å². The zero-order chi connectivity index (χ0) is 17.8. The van der Waals surface area contributed by atoms with E-state index in [0.29, 0.717) is 23.1 Å². The molecule has 0 aliphatic heterocycles. The third-order valence-electron chi connectivity index (χ3n) is 4.05. The van der Waals surface area contributed by atoms with Crippen LogP contribution in [0, 0.1) is 0 Å². The second kappa shape index (κ2) is 7.40. The van der Waals surface area contributed by atoms with Gasteiger partial charge in [-0.2, -0.15) is 0 Å². The number of urea groups is 1. The molecule has 0 bridgehead atoms. The van der Waals surface area contributed by atoms with Gasteiger partial charge in [0, 0.05) is 11.7 Å². The number of nitrogens with two attached hydrogens (primary N) is 1. The van der Waals surface area contributed by atoms with E-state index in [1.54, 1.807) is 6.07 Å². The maximum atomic E-state index is 12.2. The predicted octanol–water partition coefficient (Wildman–Crippen LogP) is 2.51. The molecular formula is C18H22N4O3. The lowest BCUT2D eigenvalue weighted by Crippen LogP contribution is -2.30. The number of nitrogens with one attached hydrogen (secondary N) is 3. The van der Waals surface area contributed by atoms with Gasteiger partial charge in [0.25, 0.3) is 5.91 Å². The van der Waals surface area contributed by atoms with E-state index in [0.717, 1.165) is 18.4 Å². The highest BCUT2D eigenvalue weighted by Gasteiger charge is 2.23. The number of furan rings is 1. The van der Waals surface area contributed by atoms with E-state index >= 15 is 0 Å². The van der Waals surface area contributed by atoms with Gasteiger partial charge in [-0.1, -0.05) is 12.1 Å². The van der Waals surface area contributed by atoms with Gasteiger partial charge in [0.1, 0.15) is 12.0 Å². The molecule has 0 radical (unpaired) electrons. The van der Waals surface area contributed by atoms with Crippen LogP contribution in [0.4, 0.5) is 10.5 Å². The molecule has 1 heterocycles. The highest BCUT2D eigenvalue weighted by atomic mass is 16.3. The smallest absolute Gasteiger partial charge is 0.319 e. The van der Waals surface area contributed by atoms with Crippen LogP contribution in [0.3, 0.4) is 0 Å². The Balaban J connectivity index is 1.55. The molecule has 1 fully saturated rings. The van der Waals surface area contributed by atoms with Crippen LogP contribution >= 0.6 is 0 Å². The number of anilines is 1. The fourth-order valence-electron chi connectivity index (χ4n) is 2.41. The summed E-state index contributed by atoms with van der Waals surface area (Å²) in [5, 5.41) is 8.56. The van der Waals surface area contributed by atoms with Gasteiger partial charge in [0.2, 0.25) is 0 Å². The summed E-state index contributed by atoms with van der Waals surface area (Å²) in [6, 6.07) is 8.95. The van der Waals surface area contributed by atoms with Gasteiger partial charge >= 0.3 is 6.03 Å². The molecule has 7 nitrogen and oxygen atoms in total. The molecule has 132 valence electrons. The van der Waals surface area contributed by atoms with Crippen LogP contribution in [0.25, 0.3) is 0 Å². The van der Waals surface area contributed by atoms with E-state index in [-0.39, 0.29) is 24.5 Å². The fraction of sp³-hybridized carbons (Fsp3) is 0.333. The van der Waals surface area contributed by atoms with Gasteiger partial charge in [-0.05, 0) is 43.5 Å². The largest absolute Gasteiger partial charge is 0.467 e. The molecule has 1 aliphatic rings. The second-order valence-corrected chi connectivity index (χ2v) is 6.20. The molecular weight excluding hydrogens is 320 g/mol. The third-order valence-corrected chi connectivity index (χ3v) is 4.05. The summed E-state index contributed by atoms with van der Waals surface area (Å²) in [6.07, 6.45) is 3.50. The molecule has 1 aromatic carbocycles. The lowest BCUT2D eigenvalue weighted by molar-refractivity contribution is 0.0939. The molecule has 3 amide bonds. The number of benzene rings is 1. The Kier molecular flexibility index (Phi) is 5.04. The van der Waals surface area contributed by atoms with E-state index in [1.165, 1.54) is 6.26 Å². The van der Waals surface area contributed by atoms with Crippen molar-refractivity contribution < 1.29 is 14.0 Å². The zero-order valence-corrected chi connectivity index (χ0v) is 14.0. The normalized spacial score (nSPS) is 14.6. The minimum absolute atomic E-state index is 0.182. The fourth-order valence-corrected chi connectivity index (χ4v) is 2.41. The first-order valence-corrected chi connectivity index (χ1v) is 8.31. The number of hydrogen-bond donors (Lipinski definition) is 4. The Morgan fingerprint density at radius 2 is 2.00 bits per heavy atom. The van der Waals surface area contributed by atoms with Crippen LogP contribution in [0.5, 0.6) is 0 Å². The Morgan fingerprint density at radius 3 is 2.60 bits per heavy atom. The molecule has 5 N–H and O–H groups in total. The lowest BCUT2D eigenvalue weighted by Gasteiger charge is -2.14. The summed E-state index contributed by atoms with van der Waals surface area (Å²) in [4.78, 5) is 23.9. The van der Waals surface area contributed by atoms with Gasteiger partial charge in [-0.15, -0.1) is 0 Å². The van der Waals surface area contributed by atoms with Crippen molar-refractivity contribution in [1.29, 1.82) is 0 Å². The molecule has 0 saturated heterocycles. The van der Waals surface area contributed by atoms with Gasteiger partial charge < -0.3 is 26.1 Å². The number of rotatable bonds is 6. The van der Waals surface area contributed by atoms with E-state index < -0.39 is 0 Å². The topological polar surface area (TPSA) is 109 Å². The quantitative estimate of drug-likeness (QED) is 0.646. The van der Waals surface area contributed by atoms with Crippen molar-refractivity contribution in [3.05, 3.63) is 53.5 Å². The molecule has 1 unspecified atom stereocenters. The van der Waals surface area contributed by atoms with E-state index in [1.807, 2.05) is 31.2 Å². The Hall–Kier alpha value is -2.80. The van der Waals surface area contributed by atoms with Crippen molar-refractivity contribution in [2.75, 3.05) is 5.32 Å². The van der Waals surface area contributed by atoms with Gasteiger partial charge in [-0.3, -0.25) is 4.79 Å². The monoisotopic (exact) mass is 342 g/mol. The summed E-state index contributed by atoms with van der Waals surface area (Å²) >= 11 is 0. The van der Waals surface area contributed by atoms with Gasteiger partial charge in [0.05, 0.1) is 18.2 Å². The Labute approximate surface area is 146 Å². The van der Waals surface area contributed by atoms with Crippen LogP contribution < -0.4 is 21.7 Å². The standard InChI is InChI=1S/C18H22N4O3/c1-11(20-17(23)13-8-16(9-19)25-10-13)12-2-4-14(5-3-12)21-18(24)22-15-6-7-15/h2-5,8,10-11,15H,6-7,9,19H2,1H3,(H,20,23)(H2,21,22,24). The lowest BCUT2D eigenvalue weighted by atomic mass is 10.1. The van der Waals surface area contributed by atoms with Gasteiger partial charge in [0.15, 0.2) is 0 Å². The van der Waals surface area contributed by atoms with E-state index in [9.17, 15) is 9.59 Å². The third kappa shape index (κ3) is 4.60. The minimum Gasteiger partial charge on any atom is -0.467 e. The molecule has 2 aromatic rings. The average Bonchev–Trinajstić information content (AvgIpc) is 3.27. The van der Waals surface area contributed by atoms with Crippen LogP contribution in [-0.2, 0) is 6.54 Å². The highest BCUT2D eigenvalue weighted by Crippen LogP contribution is 2.20. The van der Waals surface area contributed by atoms with Crippen LogP contribution in [0.2, 0.25) is 0 Å². The molecule has 25 heavy (non-hydrogen) atoms. The van der Waals surface area contributed by atoms with E-state index in [2.05, 4.69) is 16.0 Å². The summed E-state index contributed by atoms with van der Waals surface area (Å²) in [5.74, 6) is 0.347. The first kappa shape index (κ1) is 17.0. The SMILES string of the molecule is CC(NC(=O)c1coc(CN)c1)c1ccc(NC(=O)NC2CC2)cc1. The first-order valence-electron chi connectivity index (χ1n) is 8.31. The molecule has 0 spiro atoms. The Morgan fingerprint density at radius 1 is 1.28 bits per heavy atom. The maximum absolute atomic E-state index is 12.2. The Bertz CT molecular complexity index is 750. The summed E-state index contributed by atoms with van der Waals surface area (Å²) in [7, 11) is 0. The minimum atomic E-state index is -0.220. The molecule has 1 atom stereocenters. The molecule has 7 heteroatoms. The summed E-state index contributed by atoms with van der Waals surface area (Å²) in [6.45, 7) is 2.15. The van der Waals surface area contributed by atoms with Crippen molar-refractivity contribution >= 4 is 17.6 Å². The number of amides is 3. The second-order valence-electron chi connectivity index (χ2n) is 6.20. The van der Waals surface area contributed by atoms with Crippen LogP contribution in [0.15, 0.2) is 41.0 Å².